The van der Waals surface area contributed by atoms with Crippen LogP contribution in [0.4, 0.5) is 0 Å². The first-order valence-corrected chi connectivity index (χ1v) is 10.8. The van der Waals surface area contributed by atoms with E-state index in [2.05, 4.69) is 4.72 Å². The van der Waals surface area contributed by atoms with Crippen LogP contribution in [0.15, 0.2) is 56.9 Å². The van der Waals surface area contributed by atoms with E-state index in [0.29, 0.717) is 18.8 Å². The SMILES string of the molecule is CCN(CC)S(=O)(=O)c1ccc(S(=O)(=O)N[C@H](C)c2ccco2)cc1. The Balaban J connectivity index is 2.24. The number of sulfonamides is 2. The van der Waals surface area contributed by atoms with Crippen molar-refractivity contribution in [2.45, 2.75) is 36.6 Å². The van der Waals surface area contributed by atoms with Gasteiger partial charge in [-0.05, 0) is 43.3 Å². The number of hydrogen-bond acceptors (Lipinski definition) is 5. The first-order chi connectivity index (χ1) is 11.7. The summed E-state index contributed by atoms with van der Waals surface area (Å²) in [7, 11) is -7.42. The second-order valence-corrected chi connectivity index (χ2v) is 9.07. The quantitative estimate of drug-likeness (QED) is 0.751. The second-order valence-electron chi connectivity index (χ2n) is 5.42. The maximum atomic E-state index is 12.4. The summed E-state index contributed by atoms with van der Waals surface area (Å²) in [5.41, 5.74) is 0. The van der Waals surface area contributed by atoms with Crippen LogP contribution in [0.2, 0.25) is 0 Å². The fraction of sp³-hybridized carbons (Fsp3) is 0.375. The zero-order valence-corrected chi connectivity index (χ0v) is 16.0. The number of nitrogens with zero attached hydrogens (tertiary/aromatic N) is 1. The monoisotopic (exact) mass is 386 g/mol. The molecule has 1 aromatic carbocycles. The minimum atomic E-state index is -3.80. The van der Waals surface area contributed by atoms with E-state index in [-0.39, 0.29) is 9.79 Å². The van der Waals surface area contributed by atoms with Crippen molar-refractivity contribution in [2.24, 2.45) is 0 Å². The number of hydrogen-bond donors (Lipinski definition) is 1. The summed E-state index contributed by atoms with van der Waals surface area (Å²) >= 11 is 0. The summed E-state index contributed by atoms with van der Waals surface area (Å²) in [5, 5.41) is 0. The highest BCUT2D eigenvalue weighted by Crippen LogP contribution is 2.20. The normalized spacial score (nSPS) is 13.9. The average molecular weight is 386 g/mol. The van der Waals surface area contributed by atoms with Crippen molar-refractivity contribution >= 4 is 20.0 Å². The predicted octanol–water partition coefficient (Wildman–Crippen LogP) is 2.35. The highest BCUT2D eigenvalue weighted by molar-refractivity contribution is 7.89. The summed E-state index contributed by atoms with van der Waals surface area (Å²) in [6.07, 6.45) is 1.47. The fourth-order valence-corrected chi connectivity index (χ4v) is 5.07. The highest BCUT2D eigenvalue weighted by Gasteiger charge is 2.24. The van der Waals surface area contributed by atoms with Gasteiger partial charge in [0.25, 0.3) is 0 Å². The largest absolute Gasteiger partial charge is 0.468 e. The molecule has 0 aliphatic rings. The Bertz CT molecular complexity index is 885. The highest BCUT2D eigenvalue weighted by atomic mass is 32.2. The summed E-state index contributed by atoms with van der Waals surface area (Å²) in [5.74, 6) is 0.490. The molecule has 2 aromatic rings. The Hall–Kier alpha value is -1.68. The van der Waals surface area contributed by atoms with Gasteiger partial charge in [-0.3, -0.25) is 0 Å². The molecule has 7 nitrogen and oxygen atoms in total. The fourth-order valence-electron chi connectivity index (χ4n) is 2.40. The van der Waals surface area contributed by atoms with Crippen molar-refractivity contribution in [3.63, 3.8) is 0 Å². The third kappa shape index (κ3) is 4.30. The number of furan rings is 1. The Morgan fingerprint density at radius 3 is 2.04 bits per heavy atom. The molecule has 138 valence electrons. The van der Waals surface area contributed by atoms with E-state index in [1.165, 1.54) is 34.8 Å². The summed E-state index contributed by atoms with van der Waals surface area (Å²) < 4.78 is 58.7. The zero-order chi connectivity index (χ0) is 18.7. The van der Waals surface area contributed by atoms with Crippen molar-refractivity contribution in [2.75, 3.05) is 13.1 Å². The van der Waals surface area contributed by atoms with Crippen LogP contribution in [0.25, 0.3) is 0 Å². The zero-order valence-electron chi connectivity index (χ0n) is 14.3. The van der Waals surface area contributed by atoms with Crippen molar-refractivity contribution in [3.05, 3.63) is 48.4 Å². The summed E-state index contributed by atoms with van der Waals surface area (Å²) in [4.78, 5) is 0.0543. The van der Waals surface area contributed by atoms with E-state index >= 15 is 0 Å². The minimum absolute atomic E-state index is 0.00981. The van der Waals surface area contributed by atoms with Gasteiger partial charge in [0, 0.05) is 13.1 Å². The van der Waals surface area contributed by atoms with Crippen molar-refractivity contribution in [1.82, 2.24) is 9.03 Å². The molecule has 0 saturated carbocycles. The average Bonchev–Trinajstić information content (AvgIpc) is 3.10. The van der Waals surface area contributed by atoms with E-state index in [1.54, 1.807) is 32.9 Å². The van der Waals surface area contributed by atoms with Gasteiger partial charge in [-0.2, -0.15) is 4.31 Å². The molecule has 1 atom stereocenters. The molecule has 0 unspecified atom stereocenters. The molecule has 1 heterocycles. The Kier molecular flexibility index (Phi) is 6.04. The predicted molar refractivity (Wildman–Crippen MR) is 94.0 cm³/mol. The van der Waals surface area contributed by atoms with Gasteiger partial charge in [-0.1, -0.05) is 13.8 Å². The van der Waals surface area contributed by atoms with Crippen LogP contribution in [0.1, 0.15) is 32.6 Å². The number of nitrogens with one attached hydrogen (secondary N) is 1. The molecule has 0 saturated heterocycles. The van der Waals surface area contributed by atoms with E-state index < -0.39 is 26.1 Å². The molecule has 1 aromatic heterocycles. The van der Waals surface area contributed by atoms with Gasteiger partial charge in [0.05, 0.1) is 22.1 Å². The molecule has 2 rings (SSSR count). The van der Waals surface area contributed by atoms with Gasteiger partial charge in [0.2, 0.25) is 20.0 Å². The summed E-state index contributed by atoms with van der Waals surface area (Å²) in [6, 6.07) is 7.99. The van der Waals surface area contributed by atoms with E-state index in [4.69, 9.17) is 4.42 Å². The van der Waals surface area contributed by atoms with Crippen LogP contribution >= 0.6 is 0 Å². The third-order valence-electron chi connectivity index (χ3n) is 3.78. The molecule has 25 heavy (non-hydrogen) atoms. The lowest BCUT2D eigenvalue weighted by Crippen LogP contribution is -2.30. The van der Waals surface area contributed by atoms with E-state index in [0.717, 1.165) is 0 Å². The van der Waals surface area contributed by atoms with Crippen LogP contribution in [-0.2, 0) is 20.0 Å². The van der Waals surface area contributed by atoms with Crippen LogP contribution in [0, 0.1) is 0 Å². The van der Waals surface area contributed by atoms with Crippen LogP contribution in [0.5, 0.6) is 0 Å². The Morgan fingerprint density at radius 1 is 1.00 bits per heavy atom. The molecular formula is C16H22N2O5S2. The van der Waals surface area contributed by atoms with Gasteiger partial charge in [-0.15, -0.1) is 0 Å². The van der Waals surface area contributed by atoms with E-state index in [1.807, 2.05) is 0 Å². The smallest absolute Gasteiger partial charge is 0.243 e. The van der Waals surface area contributed by atoms with Crippen LogP contribution in [-0.4, -0.2) is 34.2 Å². The molecular weight excluding hydrogens is 364 g/mol. The van der Waals surface area contributed by atoms with Gasteiger partial charge in [0.1, 0.15) is 5.76 Å². The van der Waals surface area contributed by atoms with Crippen molar-refractivity contribution in [1.29, 1.82) is 0 Å². The Labute approximate surface area is 148 Å². The lowest BCUT2D eigenvalue weighted by molar-refractivity contribution is 0.445. The molecule has 9 heteroatoms. The van der Waals surface area contributed by atoms with Crippen LogP contribution < -0.4 is 4.72 Å². The minimum Gasteiger partial charge on any atom is -0.468 e. The van der Waals surface area contributed by atoms with Crippen LogP contribution in [0.3, 0.4) is 0 Å². The number of benzene rings is 1. The van der Waals surface area contributed by atoms with Gasteiger partial charge < -0.3 is 4.42 Å². The molecule has 0 radical (unpaired) electrons. The first kappa shape index (κ1) is 19.6. The standard InChI is InChI=1S/C16H22N2O5S2/c1-4-18(5-2)25(21,22)15-10-8-14(9-11-15)24(19,20)17-13(3)16-7-6-12-23-16/h6-13,17H,4-5H2,1-3H3/t13-/m1/s1. The molecule has 0 fully saturated rings. The lowest BCUT2D eigenvalue weighted by atomic mass is 10.3. The molecule has 0 amide bonds. The molecule has 0 aliphatic heterocycles. The number of rotatable bonds is 8. The van der Waals surface area contributed by atoms with Crippen molar-refractivity contribution < 1.29 is 21.3 Å². The molecule has 1 N–H and O–H groups in total. The Morgan fingerprint density at radius 2 is 1.56 bits per heavy atom. The van der Waals surface area contributed by atoms with Gasteiger partial charge in [0.15, 0.2) is 0 Å². The molecule has 0 aliphatic carbocycles. The second kappa shape index (κ2) is 7.69. The topological polar surface area (TPSA) is 96.7 Å². The first-order valence-electron chi connectivity index (χ1n) is 7.88. The third-order valence-corrected chi connectivity index (χ3v) is 7.40. The van der Waals surface area contributed by atoms with Crippen molar-refractivity contribution in [3.8, 4) is 0 Å². The maximum absolute atomic E-state index is 12.4. The maximum Gasteiger partial charge on any atom is 0.243 e. The lowest BCUT2D eigenvalue weighted by Gasteiger charge is -2.18. The molecule has 0 spiro atoms. The van der Waals surface area contributed by atoms with E-state index in [9.17, 15) is 16.8 Å². The van der Waals surface area contributed by atoms with Gasteiger partial charge in [-0.25, -0.2) is 21.6 Å². The molecule has 0 bridgehead atoms. The van der Waals surface area contributed by atoms with Gasteiger partial charge >= 0.3 is 0 Å². The summed E-state index contributed by atoms with van der Waals surface area (Å²) in [6.45, 7) is 5.86.